The highest BCUT2D eigenvalue weighted by atomic mass is 35.5. The Kier molecular flexibility index (Phi) is 5.67. The summed E-state index contributed by atoms with van der Waals surface area (Å²) in [5.41, 5.74) is 2.74. The maximum atomic E-state index is 12.6. The number of likely N-dealkylation sites (tertiary alicyclic amines) is 1. The molecule has 5 nitrogen and oxygen atoms in total. The molecule has 0 aliphatic carbocycles. The number of benzene rings is 1. The molecular formula is C23H25ClN4O. The van der Waals surface area contributed by atoms with Crippen LogP contribution >= 0.6 is 11.6 Å². The Balaban J connectivity index is 1.47. The van der Waals surface area contributed by atoms with Crippen molar-refractivity contribution in [1.29, 1.82) is 0 Å². The predicted octanol–water partition coefficient (Wildman–Crippen LogP) is 5.09. The zero-order chi connectivity index (χ0) is 20.4. The highest BCUT2D eigenvalue weighted by Gasteiger charge is 2.27. The Morgan fingerprint density at radius 1 is 1.17 bits per heavy atom. The van der Waals surface area contributed by atoms with Gasteiger partial charge in [0.05, 0.1) is 0 Å². The number of carbonyl (C=O) groups excluding carboxylic acids is 1. The number of halogens is 1. The maximum absolute atomic E-state index is 12.6. The summed E-state index contributed by atoms with van der Waals surface area (Å²) < 4.78 is 2.29. The lowest BCUT2D eigenvalue weighted by molar-refractivity contribution is -0.127. The van der Waals surface area contributed by atoms with Gasteiger partial charge in [-0.15, -0.1) is 0 Å². The molecule has 0 bridgehead atoms. The minimum absolute atomic E-state index is 0.0288. The molecule has 1 aromatic carbocycles. The number of nitrogens with zero attached hydrogens (tertiary/aromatic N) is 4. The summed E-state index contributed by atoms with van der Waals surface area (Å²) in [7, 11) is 0. The number of hydrogen-bond acceptors (Lipinski definition) is 3. The molecule has 6 heteroatoms. The second kappa shape index (κ2) is 8.37. The quantitative estimate of drug-likeness (QED) is 0.565. The number of amides is 1. The molecule has 3 aromatic rings. The van der Waals surface area contributed by atoms with E-state index in [1.165, 1.54) is 0 Å². The van der Waals surface area contributed by atoms with E-state index < -0.39 is 0 Å². The second-order valence-electron chi connectivity index (χ2n) is 7.75. The molecule has 0 saturated carbocycles. The third kappa shape index (κ3) is 4.06. The van der Waals surface area contributed by atoms with Crippen LogP contribution in [0.1, 0.15) is 50.0 Å². The summed E-state index contributed by atoms with van der Waals surface area (Å²) in [6, 6.07) is 11.8. The first kappa shape index (κ1) is 19.6. The van der Waals surface area contributed by atoms with E-state index in [0.29, 0.717) is 17.0 Å². The summed E-state index contributed by atoms with van der Waals surface area (Å²) in [4.78, 5) is 23.9. The fraction of sp³-hybridized carbons (Fsp3) is 0.348. The standard InChI is InChI=1S/C23H25ClN4O/c1-16(2)22-26-20-8-5-13-25-23(20)28(22)18-11-14-27(15-12-18)21(29)10-9-17-6-3-4-7-19(17)24/h3-10,13,16,18H,11-12,14-15H2,1-2H3/b10-9+. The van der Waals surface area contributed by atoms with Gasteiger partial charge in [-0.05, 0) is 42.7 Å². The second-order valence-corrected chi connectivity index (χ2v) is 8.16. The van der Waals surface area contributed by atoms with Gasteiger partial charge in [0.25, 0.3) is 0 Å². The number of carbonyl (C=O) groups is 1. The molecule has 1 aliphatic rings. The summed E-state index contributed by atoms with van der Waals surface area (Å²) in [6.07, 6.45) is 7.03. The molecule has 0 unspecified atom stereocenters. The summed E-state index contributed by atoms with van der Waals surface area (Å²) in [6.45, 7) is 5.77. The van der Waals surface area contributed by atoms with Gasteiger partial charge in [-0.25, -0.2) is 9.97 Å². The largest absolute Gasteiger partial charge is 0.339 e. The fourth-order valence-electron chi connectivity index (χ4n) is 3.94. The number of imidazole rings is 1. The number of fused-ring (bicyclic) bond motifs is 1. The van der Waals surface area contributed by atoms with Crippen LogP contribution in [0.25, 0.3) is 17.2 Å². The summed E-state index contributed by atoms with van der Waals surface area (Å²) in [5.74, 6) is 1.42. The molecule has 1 saturated heterocycles. The number of pyridine rings is 1. The highest BCUT2D eigenvalue weighted by Crippen LogP contribution is 2.31. The van der Waals surface area contributed by atoms with Crippen LogP contribution < -0.4 is 0 Å². The van der Waals surface area contributed by atoms with Gasteiger partial charge in [0, 0.05) is 42.3 Å². The predicted molar refractivity (Wildman–Crippen MR) is 117 cm³/mol. The zero-order valence-corrected chi connectivity index (χ0v) is 17.5. The van der Waals surface area contributed by atoms with Crippen molar-refractivity contribution in [1.82, 2.24) is 19.4 Å². The third-order valence-electron chi connectivity index (χ3n) is 5.44. The molecule has 29 heavy (non-hydrogen) atoms. The van der Waals surface area contributed by atoms with Crippen LogP contribution in [0.2, 0.25) is 5.02 Å². The van der Waals surface area contributed by atoms with Gasteiger partial charge >= 0.3 is 0 Å². The van der Waals surface area contributed by atoms with Crippen molar-refractivity contribution < 1.29 is 4.79 Å². The molecule has 1 aliphatic heterocycles. The molecular weight excluding hydrogens is 384 g/mol. The van der Waals surface area contributed by atoms with Crippen molar-refractivity contribution in [2.24, 2.45) is 0 Å². The van der Waals surface area contributed by atoms with Gasteiger partial charge < -0.3 is 9.47 Å². The van der Waals surface area contributed by atoms with Crippen molar-refractivity contribution in [3.63, 3.8) is 0 Å². The van der Waals surface area contributed by atoms with Crippen LogP contribution in [-0.4, -0.2) is 38.4 Å². The lowest BCUT2D eigenvalue weighted by Gasteiger charge is -2.33. The van der Waals surface area contributed by atoms with Gasteiger partial charge in [0.1, 0.15) is 11.3 Å². The molecule has 1 amide bonds. The zero-order valence-electron chi connectivity index (χ0n) is 16.8. The van der Waals surface area contributed by atoms with Crippen molar-refractivity contribution >= 4 is 34.7 Å². The van der Waals surface area contributed by atoms with Crippen LogP contribution in [0.4, 0.5) is 0 Å². The summed E-state index contributed by atoms with van der Waals surface area (Å²) >= 11 is 6.17. The van der Waals surface area contributed by atoms with Gasteiger partial charge in [-0.1, -0.05) is 43.6 Å². The lowest BCUT2D eigenvalue weighted by atomic mass is 10.0. The molecule has 2 aromatic heterocycles. The first-order valence-electron chi connectivity index (χ1n) is 10.1. The van der Waals surface area contributed by atoms with Crippen LogP contribution in [0, 0.1) is 0 Å². The molecule has 0 spiro atoms. The fourth-order valence-corrected chi connectivity index (χ4v) is 4.13. The van der Waals surface area contributed by atoms with Crippen molar-refractivity contribution in [3.05, 3.63) is 65.1 Å². The number of hydrogen-bond donors (Lipinski definition) is 0. The van der Waals surface area contributed by atoms with E-state index in [9.17, 15) is 4.79 Å². The molecule has 4 rings (SSSR count). The monoisotopic (exact) mass is 408 g/mol. The van der Waals surface area contributed by atoms with Crippen molar-refractivity contribution in [2.75, 3.05) is 13.1 Å². The SMILES string of the molecule is CC(C)c1nc2cccnc2n1C1CCN(C(=O)/C=C/c2ccccc2Cl)CC1. The smallest absolute Gasteiger partial charge is 0.246 e. The van der Waals surface area contributed by atoms with Gasteiger partial charge in [-0.2, -0.15) is 0 Å². The summed E-state index contributed by atoms with van der Waals surface area (Å²) in [5, 5.41) is 0.649. The van der Waals surface area contributed by atoms with Crippen LogP contribution in [0.5, 0.6) is 0 Å². The number of piperidine rings is 1. The Hall–Kier alpha value is -2.66. The average Bonchev–Trinajstić information content (AvgIpc) is 3.13. The molecule has 150 valence electrons. The maximum Gasteiger partial charge on any atom is 0.246 e. The Morgan fingerprint density at radius 3 is 2.66 bits per heavy atom. The molecule has 0 atom stereocenters. The Bertz CT molecular complexity index is 1050. The van der Waals surface area contributed by atoms with E-state index in [-0.39, 0.29) is 5.91 Å². The van der Waals surface area contributed by atoms with E-state index in [0.717, 1.165) is 48.5 Å². The number of rotatable bonds is 4. The average molecular weight is 409 g/mol. The lowest BCUT2D eigenvalue weighted by Crippen LogP contribution is -2.38. The highest BCUT2D eigenvalue weighted by molar-refractivity contribution is 6.32. The van der Waals surface area contributed by atoms with Crippen molar-refractivity contribution in [3.8, 4) is 0 Å². The number of aromatic nitrogens is 3. The Morgan fingerprint density at radius 2 is 1.93 bits per heavy atom. The molecule has 0 radical (unpaired) electrons. The van der Waals surface area contributed by atoms with E-state index >= 15 is 0 Å². The van der Waals surface area contributed by atoms with Gasteiger partial charge in [0.15, 0.2) is 5.65 Å². The van der Waals surface area contributed by atoms with E-state index in [1.807, 2.05) is 47.5 Å². The van der Waals surface area contributed by atoms with Gasteiger partial charge in [-0.3, -0.25) is 4.79 Å². The molecule has 1 fully saturated rings. The first-order valence-corrected chi connectivity index (χ1v) is 10.5. The normalized spacial score (nSPS) is 15.7. The van der Waals surface area contributed by atoms with E-state index in [2.05, 4.69) is 23.4 Å². The first-order chi connectivity index (χ1) is 14.0. The van der Waals surface area contributed by atoms with E-state index in [1.54, 1.807) is 12.2 Å². The topological polar surface area (TPSA) is 51.0 Å². The van der Waals surface area contributed by atoms with Gasteiger partial charge in [0.2, 0.25) is 5.91 Å². The third-order valence-corrected chi connectivity index (χ3v) is 5.79. The van der Waals surface area contributed by atoms with Crippen molar-refractivity contribution in [2.45, 2.75) is 38.6 Å². The molecule has 0 N–H and O–H groups in total. The van der Waals surface area contributed by atoms with Crippen LogP contribution in [0.3, 0.4) is 0 Å². The Labute approximate surface area is 176 Å². The minimum atomic E-state index is 0.0288. The van der Waals surface area contributed by atoms with Crippen LogP contribution in [0.15, 0.2) is 48.7 Å². The van der Waals surface area contributed by atoms with Crippen LogP contribution in [-0.2, 0) is 4.79 Å². The van der Waals surface area contributed by atoms with E-state index in [4.69, 9.17) is 16.6 Å². The minimum Gasteiger partial charge on any atom is -0.339 e. The molecule has 3 heterocycles.